The average Bonchev–Trinajstić information content (AvgIpc) is 2.78. The zero-order valence-corrected chi connectivity index (χ0v) is 18.6. The zero-order chi connectivity index (χ0) is 25.8. The fraction of sp³-hybridized carbons (Fsp3) is 0.227. The van der Waals surface area contributed by atoms with E-state index in [0.29, 0.717) is 16.7 Å². The zero-order valence-electron chi connectivity index (χ0n) is 17.7. The van der Waals surface area contributed by atoms with Crippen LogP contribution in [0, 0.1) is 11.3 Å². The number of esters is 1. The van der Waals surface area contributed by atoms with Crippen molar-refractivity contribution in [2.75, 3.05) is 24.7 Å². The number of halogens is 3. The van der Waals surface area contributed by atoms with E-state index < -0.39 is 28.0 Å². The largest absolute Gasteiger partial charge is 0.542 e. The van der Waals surface area contributed by atoms with E-state index in [2.05, 4.69) is 5.73 Å². The number of hydrogen-bond donors (Lipinski definition) is 1. The Bertz CT molecular complexity index is 1100. The molecule has 3 N–H and O–H groups in total. The van der Waals surface area contributed by atoms with E-state index in [1.165, 1.54) is 0 Å². The molecule has 0 fully saturated rings. The Morgan fingerprint density at radius 2 is 1.41 bits per heavy atom. The monoisotopic (exact) mass is 498 g/mol. The standard InChI is InChI=1S/C20H20N2O4S.C2HF3O2/c21-11-13-27(24,25)14-12-26-20(23)18(15-22)19(16-7-3-1-4-8-16)17-9-5-2-6-10-17;3-2(4,5)1(6)7/h1-10H,11-14,21H2;(H,6,7). The molecule has 34 heavy (non-hydrogen) atoms. The Labute approximate surface area is 194 Å². The second-order valence-corrected chi connectivity index (χ2v) is 8.82. The molecule has 12 heteroatoms. The topological polar surface area (TPSA) is 152 Å². The number of rotatable bonds is 8. The number of carbonyl (C=O) groups is 2. The lowest BCUT2D eigenvalue weighted by Gasteiger charge is -2.12. The van der Waals surface area contributed by atoms with E-state index >= 15 is 0 Å². The summed E-state index contributed by atoms with van der Waals surface area (Å²) in [4.78, 5) is 21.3. The molecule has 2 aromatic carbocycles. The predicted octanol–water partition coefficient (Wildman–Crippen LogP) is 0.511. The molecule has 0 saturated carbocycles. The number of ether oxygens (including phenoxy) is 1. The number of hydrogen-bond acceptors (Lipinski definition) is 7. The van der Waals surface area contributed by atoms with E-state index in [1.54, 1.807) is 24.3 Å². The minimum absolute atomic E-state index is 0.0647. The van der Waals surface area contributed by atoms with Crippen molar-refractivity contribution in [3.8, 4) is 6.07 Å². The molecule has 0 atom stereocenters. The summed E-state index contributed by atoms with van der Waals surface area (Å²) in [7, 11) is -3.32. The summed E-state index contributed by atoms with van der Waals surface area (Å²) < 4.78 is 60.1. The molecule has 0 heterocycles. The number of nitrogens with zero attached hydrogens (tertiary/aromatic N) is 1. The van der Waals surface area contributed by atoms with Crippen molar-refractivity contribution in [2.24, 2.45) is 0 Å². The van der Waals surface area contributed by atoms with Gasteiger partial charge in [0.2, 0.25) is 0 Å². The Morgan fingerprint density at radius 1 is 0.971 bits per heavy atom. The molecule has 0 amide bonds. The molecule has 0 unspecified atom stereocenters. The summed E-state index contributed by atoms with van der Waals surface area (Å²) in [5.41, 5.74) is 5.18. The first kappa shape index (κ1) is 28.3. The van der Waals surface area contributed by atoms with Crippen molar-refractivity contribution in [1.29, 1.82) is 5.26 Å². The van der Waals surface area contributed by atoms with E-state index in [9.17, 15) is 31.6 Å². The number of alkyl halides is 3. The Kier molecular flexibility index (Phi) is 10.9. The minimum Gasteiger partial charge on any atom is -0.542 e. The van der Waals surface area contributed by atoms with E-state index in [0.717, 1.165) is 0 Å². The molecule has 0 aromatic heterocycles. The van der Waals surface area contributed by atoms with Gasteiger partial charge in [0.1, 0.15) is 24.2 Å². The van der Waals surface area contributed by atoms with Crippen molar-refractivity contribution in [3.63, 3.8) is 0 Å². The fourth-order valence-electron chi connectivity index (χ4n) is 2.52. The molecule has 0 spiro atoms. The van der Waals surface area contributed by atoms with Crippen LogP contribution in [0.2, 0.25) is 0 Å². The van der Waals surface area contributed by atoms with Gasteiger partial charge in [0.05, 0.1) is 18.1 Å². The van der Waals surface area contributed by atoms with Crippen LogP contribution in [0.1, 0.15) is 11.1 Å². The maximum atomic E-state index is 12.5. The minimum atomic E-state index is -5.19. The number of sulfone groups is 1. The van der Waals surface area contributed by atoms with Gasteiger partial charge in [-0.2, -0.15) is 18.4 Å². The number of carboxylic acid groups (broad SMARTS) is 1. The van der Waals surface area contributed by atoms with Gasteiger partial charge in [-0.15, -0.1) is 0 Å². The summed E-state index contributed by atoms with van der Waals surface area (Å²) in [6.45, 7) is -0.0466. The maximum absolute atomic E-state index is 12.5. The molecule has 0 saturated heterocycles. The van der Waals surface area contributed by atoms with E-state index in [1.807, 2.05) is 42.5 Å². The van der Waals surface area contributed by atoms with Crippen molar-refractivity contribution >= 4 is 27.3 Å². The highest BCUT2D eigenvalue weighted by Crippen LogP contribution is 2.27. The number of aliphatic carboxylic acids is 1. The van der Waals surface area contributed by atoms with Gasteiger partial charge in [-0.05, 0) is 11.1 Å². The predicted molar refractivity (Wildman–Crippen MR) is 113 cm³/mol. The van der Waals surface area contributed by atoms with Gasteiger partial charge in [0.25, 0.3) is 0 Å². The Balaban J connectivity index is 0.000000718. The third kappa shape index (κ3) is 9.43. The highest BCUT2D eigenvalue weighted by molar-refractivity contribution is 7.91. The normalized spacial score (nSPS) is 10.8. The molecule has 0 radical (unpaired) electrons. The van der Waals surface area contributed by atoms with Crippen LogP contribution in [0.3, 0.4) is 0 Å². The lowest BCUT2D eigenvalue weighted by atomic mass is 9.93. The second kappa shape index (κ2) is 13.1. The van der Waals surface area contributed by atoms with Crippen LogP contribution in [-0.2, 0) is 24.2 Å². The van der Waals surface area contributed by atoms with Crippen LogP contribution in [0.5, 0.6) is 0 Å². The van der Waals surface area contributed by atoms with Crippen LogP contribution in [0.15, 0.2) is 66.2 Å². The van der Waals surface area contributed by atoms with Crippen LogP contribution in [0.25, 0.3) is 5.57 Å². The van der Waals surface area contributed by atoms with Crippen LogP contribution < -0.4 is 10.8 Å². The number of carbonyl (C=O) groups excluding carboxylic acids is 2. The molecule has 0 aliphatic rings. The number of quaternary nitrogens is 1. The molecule has 0 aliphatic heterocycles. The lowest BCUT2D eigenvalue weighted by molar-refractivity contribution is -0.360. The van der Waals surface area contributed by atoms with E-state index in [4.69, 9.17) is 14.6 Å². The van der Waals surface area contributed by atoms with Crippen LogP contribution in [-0.4, -0.2) is 51.2 Å². The molecule has 2 aromatic rings. The molecule has 8 nitrogen and oxygen atoms in total. The van der Waals surface area contributed by atoms with Crippen molar-refractivity contribution < 1.29 is 46.8 Å². The highest BCUT2D eigenvalue weighted by Gasteiger charge is 2.28. The van der Waals surface area contributed by atoms with E-state index in [-0.39, 0.29) is 30.2 Å². The summed E-state index contributed by atoms with van der Waals surface area (Å²) in [5, 5.41) is 18.4. The first-order valence-electron chi connectivity index (χ1n) is 9.63. The number of carboxylic acids is 1. The molecule has 182 valence electrons. The Hall–Kier alpha value is -3.69. The summed E-state index contributed by atoms with van der Waals surface area (Å²) in [6.07, 6.45) is -5.19. The Morgan fingerprint density at radius 3 is 1.76 bits per heavy atom. The third-order valence-electron chi connectivity index (χ3n) is 4.01. The summed E-state index contributed by atoms with van der Waals surface area (Å²) in [5.74, 6) is -4.21. The first-order chi connectivity index (χ1) is 15.9. The van der Waals surface area contributed by atoms with Gasteiger partial charge in [0, 0.05) is 5.57 Å². The molecular formula is C22H21F3N2O6S. The van der Waals surface area contributed by atoms with Crippen molar-refractivity contribution in [2.45, 2.75) is 6.18 Å². The SMILES string of the molecule is N#CC(C(=O)OCCS(=O)(=O)CC[NH3+])=C(c1ccccc1)c1ccccc1.O=C([O-])C(F)(F)F. The second-order valence-electron chi connectivity index (χ2n) is 6.52. The van der Waals surface area contributed by atoms with Gasteiger partial charge in [-0.25, -0.2) is 13.2 Å². The molecule has 0 aliphatic carbocycles. The fourth-order valence-corrected chi connectivity index (χ4v) is 3.51. The van der Waals surface area contributed by atoms with Gasteiger partial charge in [0.15, 0.2) is 9.84 Å². The first-order valence-corrected chi connectivity index (χ1v) is 11.4. The quantitative estimate of drug-likeness (QED) is 0.316. The van der Waals surface area contributed by atoms with Gasteiger partial charge < -0.3 is 20.4 Å². The van der Waals surface area contributed by atoms with Crippen molar-refractivity contribution in [3.05, 3.63) is 77.4 Å². The maximum Gasteiger partial charge on any atom is 0.430 e. The summed E-state index contributed by atoms with van der Waals surface area (Å²) in [6, 6.07) is 20.0. The molecular weight excluding hydrogens is 477 g/mol. The third-order valence-corrected chi connectivity index (χ3v) is 5.70. The summed E-state index contributed by atoms with van der Waals surface area (Å²) >= 11 is 0. The van der Waals surface area contributed by atoms with Gasteiger partial charge in [-0.1, -0.05) is 60.7 Å². The van der Waals surface area contributed by atoms with Gasteiger partial charge >= 0.3 is 12.1 Å². The number of benzene rings is 2. The van der Waals surface area contributed by atoms with Crippen LogP contribution >= 0.6 is 0 Å². The molecule has 2 rings (SSSR count). The van der Waals surface area contributed by atoms with Crippen LogP contribution in [0.4, 0.5) is 13.2 Å². The van der Waals surface area contributed by atoms with Crippen molar-refractivity contribution in [1.82, 2.24) is 0 Å². The molecule has 0 bridgehead atoms. The smallest absolute Gasteiger partial charge is 0.430 e. The highest BCUT2D eigenvalue weighted by atomic mass is 32.2. The lowest BCUT2D eigenvalue weighted by Crippen LogP contribution is -2.53. The number of nitriles is 1. The van der Waals surface area contributed by atoms with Gasteiger partial charge in [-0.3, -0.25) is 0 Å². The average molecular weight is 498 g/mol.